The van der Waals surface area contributed by atoms with Crippen LogP contribution >= 0.6 is 0 Å². The molecule has 2 N–H and O–H groups in total. The van der Waals surface area contributed by atoms with Gasteiger partial charge in [-0.3, -0.25) is 4.79 Å². The molecule has 5 nitrogen and oxygen atoms in total. The minimum atomic E-state index is -0.552. The van der Waals surface area contributed by atoms with Gasteiger partial charge in [-0.05, 0) is 67.6 Å². The predicted molar refractivity (Wildman–Crippen MR) is 125 cm³/mol. The summed E-state index contributed by atoms with van der Waals surface area (Å²) in [6.45, 7) is 7.69. The van der Waals surface area contributed by atoms with E-state index in [2.05, 4.69) is 10.6 Å². The van der Waals surface area contributed by atoms with E-state index in [9.17, 15) is 9.59 Å². The Balaban J connectivity index is 1.69. The number of nitrogens with one attached hydrogen (secondary N) is 2. The summed E-state index contributed by atoms with van der Waals surface area (Å²) >= 11 is 0. The zero-order valence-electron chi connectivity index (χ0n) is 18.4. The number of anilines is 3. The lowest BCUT2D eigenvalue weighted by Gasteiger charge is -2.15. The van der Waals surface area contributed by atoms with Gasteiger partial charge in [0.05, 0.1) is 11.3 Å². The quantitative estimate of drug-likeness (QED) is 0.484. The van der Waals surface area contributed by atoms with Gasteiger partial charge < -0.3 is 15.4 Å². The van der Waals surface area contributed by atoms with Crippen molar-refractivity contribution in [3.63, 3.8) is 0 Å². The van der Waals surface area contributed by atoms with E-state index < -0.39 is 5.97 Å². The van der Waals surface area contributed by atoms with E-state index in [1.54, 1.807) is 12.1 Å². The second-order valence-electron chi connectivity index (χ2n) is 7.50. The van der Waals surface area contributed by atoms with Crippen LogP contribution in [0, 0.1) is 20.8 Å². The molecule has 0 unspecified atom stereocenters. The van der Waals surface area contributed by atoms with E-state index in [4.69, 9.17) is 4.74 Å². The van der Waals surface area contributed by atoms with Gasteiger partial charge in [-0.25, -0.2) is 4.79 Å². The lowest BCUT2D eigenvalue weighted by Crippen LogP contribution is -2.22. The third-order valence-electron chi connectivity index (χ3n) is 5.36. The van der Waals surface area contributed by atoms with Crippen LogP contribution in [0.1, 0.15) is 39.5 Å². The van der Waals surface area contributed by atoms with Crippen molar-refractivity contribution in [2.45, 2.75) is 34.1 Å². The number of hydrogen-bond acceptors (Lipinski definition) is 4. The molecule has 31 heavy (non-hydrogen) atoms. The van der Waals surface area contributed by atoms with Gasteiger partial charge in [0.1, 0.15) is 0 Å². The molecule has 0 aromatic heterocycles. The van der Waals surface area contributed by atoms with E-state index >= 15 is 0 Å². The van der Waals surface area contributed by atoms with Gasteiger partial charge in [0.15, 0.2) is 6.61 Å². The van der Waals surface area contributed by atoms with Crippen LogP contribution in [-0.2, 0) is 16.0 Å². The zero-order valence-corrected chi connectivity index (χ0v) is 18.4. The molecule has 0 heterocycles. The molecule has 3 aromatic rings. The number of carbonyl (C=O) groups excluding carboxylic acids is 2. The number of rotatable bonds is 7. The molecule has 0 bridgehead atoms. The molecule has 0 spiro atoms. The molecule has 0 fully saturated rings. The molecule has 3 aromatic carbocycles. The zero-order chi connectivity index (χ0) is 22.4. The van der Waals surface area contributed by atoms with E-state index in [1.807, 2.05) is 76.2 Å². The molecule has 0 aliphatic carbocycles. The van der Waals surface area contributed by atoms with E-state index in [0.717, 1.165) is 40.0 Å². The number of benzene rings is 3. The summed E-state index contributed by atoms with van der Waals surface area (Å²) in [4.78, 5) is 25.1. The Hall–Kier alpha value is -3.60. The Labute approximate surface area is 183 Å². The summed E-state index contributed by atoms with van der Waals surface area (Å²) < 4.78 is 5.32. The molecule has 160 valence electrons. The first-order valence-electron chi connectivity index (χ1n) is 10.4. The maximum Gasteiger partial charge on any atom is 0.340 e. The lowest BCUT2D eigenvalue weighted by atomic mass is 10.1. The summed E-state index contributed by atoms with van der Waals surface area (Å²) in [6, 6.07) is 19.0. The van der Waals surface area contributed by atoms with E-state index in [1.165, 1.54) is 0 Å². The fourth-order valence-corrected chi connectivity index (χ4v) is 3.39. The number of aryl methyl sites for hydroxylation is 3. The Morgan fingerprint density at radius 3 is 2.29 bits per heavy atom. The molecule has 1 amide bonds. The summed E-state index contributed by atoms with van der Waals surface area (Å²) in [5, 5.41) is 6.18. The third-order valence-corrected chi connectivity index (χ3v) is 5.36. The first kappa shape index (κ1) is 22.1. The Bertz CT molecular complexity index is 1110. The van der Waals surface area contributed by atoms with Crippen molar-refractivity contribution >= 4 is 28.9 Å². The number of ether oxygens (including phenoxy) is 1. The number of hydrogen-bond donors (Lipinski definition) is 2. The molecule has 0 aliphatic heterocycles. The SMILES string of the molecule is CCc1cccc(C)c1NC(=O)COC(=O)c1ccccc1Nc1cccc(C)c1C. The lowest BCUT2D eigenvalue weighted by molar-refractivity contribution is -0.119. The van der Waals surface area contributed by atoms with Crippen LogP contribution < -0.4 is 10.6 Å². The average molecular weight is 417 g/mol. The van der Waals surface area contributed by atoms with Crippen LogP contribution in [0.15, 0.2) is 60.7 Å². The molecule has 3 rings (SSSR count). The molecular weight excluding hydrogens is 388 g/mol. The third kappa shape index (κ3) is 5.31. The summed E-state index contributed by atoms with van der Waals surface area (Å²) in [6.07, 6.45) is 0.800. The summed E-state index contributed by atoms with van der Waals surface area (Å²) in [5.74, 6) is -0.915. The minimum Gasteiger partial charge on any atom is -0.452 e. The van der Waals surface area contributed by atoms with Gasteiger partial charge in [-0.2, -0.15) is 0 Å². The minimum absolute atomic E-state index is 0.353. The maximum absolute atomic E-state index is 12.7. The molecule has 0 atom stereocenters. The summed E-state index contributed by atoms with van der Waals surface area (Å²) in [7, 11) is 0. The first-order chi connectivity index (χ1) is 14.9. The van der Waals surface area contributed by atoms with Crippen molar-refractivity contribution in [3.05, 3.63) is 88.5 Å². The standard InChI is InChI=1S/C26H28N2O3/c1-5-20-12-8-11-18(3)25(20)28-24(29)16-31-26(30)21-13-6-7-14-23(21)27-22-15-9-10-17(2)19(22)4/h6-15,27H,5,16H2,1-4H3,(H,28,29). The molecule has 5 heteroatoms. The molecular formula is C26H28N2O3. The molecule has 0 saturated heterocycles. The number of para-hydroxylation sites is 2. The van der Waals surface area contributed by atoms with Gasteiger partial charge in [-0.1, -0.05) is 49.4 Å². The highest BCUT2D eigenvalue weighted by Crippen LogP contribution is 2.26. The fraction of sp³-hybridized carbons (Fsp3) is 0.231. The predicted octanol–water partition coefficient (Wildman–Crippen LogP) is 5.71. The van der Waals surface area contributed by atoms with Crippen molar-refractivity contribution in [2.75, 3.05) is 17.2 Å². The second kappa shape index (κ2) is 9.94. The first-order valence-corrected chi connectivity index (χ1v) is 10.4. The smallest absolute Gasteiger partial charge is 0.340 e. The van der Waals surface area contributed by atoms with Crippen molar-refractivity contribution in [1.29, 1.82) is 0 Å². The van der Waals surface area contributed by atoms with Crippen LogP contribution in [0.5, 0.6) is 0 Å². The van der Waals surface area contributed by atoms with Crippen LogP contribution in [0.25, 0.3) is 0 Å². The van der Waals surface area contributed by atoms with Gasteiger partial charge in [0.2, 0.25) is 0 Å². The monoisotopic (exact) mass is 416 g/mol. The van der Waals surface area contributed by atoms with Crippen LogP contribution in [0.4, 0.5) is 17.1 Å². The topological polar surface area (TPSA) is 67.4 Å². The van der Waals surface area contributed by atoms with E-state index in [0.29, 0.717) is 11.3 Å². The van der Waals surface area contributed by atoms with E-state index in [-0.39, 0.29) is 12.5 Å². The average Bonchev–Trinajstić information content (AvgIpc) is 2.77. The van der Waals surface area contributed by atoms with Crippen molar-refractivity contribution in [1.82, 2.24) is 0 Å². The fourth-order valence-electron chi connectivity index (χ4n) is 3.39. The van der Waals surface area contributed by atoms with Gasteiger partial charge in [-0.15, -0.1) is 0 Å². The normalized spacial score (nSPS) is 10.5. The molecule has 0 aliphatic rings. The Morgan fingerprint density at radius 1 is 0.839 bits per heavy atom. The van der Waals surface area contributed by atoms with Crippen LogP contribution in [0.2, 0.25) is 0 Å². The summed E-state index contributed by atoms with van der Waals surface area (Å²) in [5.41, 5.74) is 6.99. The highest BCUT2D eigenvalue weighted by atomic mass is 16.5. The Morgan fingerprint density at radius 2 is 1.52 bits per heavy atom. The van der Waals surface area contributed by atoms with Gasteiger partial charge in [0.25, 0.3) is 5.91 Å². The Kier molecular flexibility index (Phi) is 7.08. The largest absolute Gasteiger partial charge is 0.452 e. The number of esters is 1. The van der Waals surface area contributed by atoms with Gasteiger partial charge >= 0.3 is 5.97 Å². The van der Waals surface area contributed by atoms with Gasteiger partial charge in [0, 0.05) is 11.4 Å². The molecule has 0 saturated carbocycles. The number of carbonyl (C=O) groups is 2. The maximum atomic E-state index is 12.7. The second-order valence-corrected chi connectivity index (χ2v) is 7.50. The molecule has 0 radical (unpaired) electrons. The van der Waals surface area contributed by atoms with Crippen molar-refractivity contribution in [3.8, 4) is 0 Å². The highest BCUT2D eigenvalue weighted by molar-refractivity contribution is 5.99. The van der Waals surface area contributed by atoms with Crippen molar-refractivity contribution in [2.24, 2.45) is 0 Å². The highest BCUT2D eigenvalue weighted by Gasteiger charge is 2.16. The van der Waals surface area contributed by atoms with Crippen molar-refractivity contribution < 1.29 is 14.3 Å². The van der Waals surface area contributed by atoms with Crippen LogP contribution in [0.3, 0.4) is 0 Å². The van der Waals surface area contributed by atoms with Crippen LogP contribution in [-0.4, -0.2) is 18.5 Å². The number of amides is 1.